The Kier molecular flexibility index (Phi) is 10.3. The molecule has 3 aromatic carbocycles. The first kappa shape index (κ1) is 30.2. The number of hydrogen-bond acceptors (Lipinski definition) is 4. The van der Waals surface area contributed by atoms with E-state index >= 15 is 0 Å². The maximum absolute atomic E-state index is 13.6. The lowest BCUT2D eigenvalue weighted by atomic mass is 10.0. The molecule has 0 saturated heterocycles. The summed E-state index contributed by atoms with van der Waals surface area (Å²) in [5, 5.41) is 19.2. The molecule has 0 fully saturated rings. The third-order valence-electron chi connectivity index (χ3n) is 6.55. The third kappa shape index (κ3) is 7.93. The number of aromatic nitrogens is 1. The van der Waals surface area contributed by atoms with E-state index in [0.29, 0.717) is 43.7 Å². The summed E-state index contributed by atoms with van der Waals surface area (Å²) in [6.07, 6.45) is 7.07. The summed E-state index contributed by atoms with van der Waals surface area (Å²) in [5.74, 6) is -5.66. The molecule has 0 aliphatic rings. The zero-order chi connectivity index (χ0) is 30.1. The Balaban J connectivity index is 1.33. The Morgan fingerprint density at radius 2 is 1.55 bits per heavy atom. The van der Waals surface area contributed by atoms with E-state index < -0.39 is 29.4 Å². The summed E-state index contributed by atoms with van der Waals surface area (Å²) in [5.41, 5.74) is 3.27. The van der Waals surface area contributed by atoms with Crippen LogP contribution in [0.1, 0.15) is 42.4 Å². The number of carbonyl (C=O) groups is 2. The quantitative estimate of drug-likeness (QED) is 0.0895. The highest BCUT2D eigenvalue weighted by Crippen LogP contribution is 2.28. The van der Waals surface area contributed by atoms with Gasteiger partial charge in [-0.1, -0.05) is 36.4 Å². The average Bonchev–Trinajstić information content (AvgIpc) is 3.31. The average molecular weight is 582 g/mol. The van der Waals surface area contributed by atoms with Crippen molar-refractivity contribution in [3.8, 4) is 11.5 Å². The molecule has 7 nitrogen and oxygen atoms in total. The summed E-state index contributed by atoms with van der Waals surface area (Å²) >= 11 is 0. The van der Waals surface area contributed by atoms with Crippen LogP contribution in [0.2, 0.25) is 0 Å². The number of fused-ring (bicyclic) bond motifs is 1. The van der Waals surface area contributed by atoms with Gasteiger partial charge in [-0.2, -0.15) is 4.39 Å². The van der Waals surface area contributed by atoms with Gasteiger partial charge >= 0.3 is 11.9 Å². The van der Waals surface area contributed by atoms with Gasteiger partial charge in [0, 0.05) is 30.1 Å². The molecule has 4 aromatic rings. The molecule has 1 heterocycles. The molecular weight excluding hydrogens is 551 g/mol. The molecule has 0 saturated carbocycles. The van der Waals surface area contributed by atoms with Crippen molar-refractivity contribution < 1.29 is 42.4 Å². The van der Waals surface area contributed by atoms with Crippen molar-refractivity contribution in [3.63, 3.8) is 0 Å². The Bertz CT molecular complexity index is 1580. The number of aliphatic carboxylic acids is 2. The van der Waals surface area contributed by atoms with E-state index in [1.165, 1.54) is 0 Å². The van der Waals surface area contributed by atoms with Crippen LogP contribution in [0.3, 0.4) is 0 Å². The number of halogens is 3. The van der Waals surface area contributed by atoms with E-state index in [4.69, 9.17) is 14.6 Å². The van der Waals surface area contributed by atoms with Crippen LogP contribution in [0.5, 0.6) is 11.5 Å². The molecule has 0 atom stereocenters. The normalized spacial score (nSPS) is 11.3. The summed E-state index contributed by atoms with van der Waals surface area (Å²) in [4.78, 5) is 22.4. The fourth-order valence-electron chi connectivity index (χ4n) is 4.55. The lowest BCUT2D eigenvalue weighted by Crippen LogP contribution is -2.04. The zero-order valence-corrected chi connectivity index (χ0v) is 22.7. The second kappa shape index (κ2) is 14.2. The van der Waals surface area contributed by atoms with Gasteiger partial charge in [0.05, 0.1) is 19.6 Å². The van der Waals surface area contributed by atoms with Gasteiger partial charge in [0.25, 0.3) is 0 Å². The van der Waals surface area contributed by atoms with Crippen LogP contribution >= 0.6 is 0 Å². The highest BCUT2D eigenvalue weighted by Gasteiger charge is 2.15. The van der Waals surface area contributed by atoms with Crippen molar-refractivity contribution in [1.29, 1.82) is 0 Å². The largest absolute Gasteiger partial charge is 0.494 e. The van der Waals surface area contributed by atoms with Crippen molar-refractivity contribution >= 4 is 35.0 Å². The predicted molar refractivity (Wildman–Crippen MR) is 152 cm³/mol. The molecule has 220 valence electrons. The van der Waals surface area contributed by atoms with E-state index in [2.05, 4.69) is 0 Å². The van der Waals surface area contributed by atoms with Crippen molar-refractivity contribution in [2.75, 3.05) is 13.2 Å². The van der Waals surface area contributed by atoms with Gasteiger partial charge in [-0.25, -0.2) is 8.78 Å². The highest BCUT2D eigenvalue weighted by atomic mass is 19.2. The number of aryl methyl sites for hydroxylation is 1. The molecule has 0 unspecified atom stereocenters. The Hall–Kier alpha value is -4.73. The van der Waals surface area contributed by atoms with Crippen LogP contribution in [0, 0.1) is 17.5 Å². The fourth-order valence-corrected chi connectivity index (χ4v) is 4.55. The number of carboxylic acids is 2. The second-order valence-corrected chi connectivity index (χ2v) is 9.64. The Morgan fingerprint density at radius 1 is 0.810 bits per heavy atom. The number of unbranched alkanes of at least 4 members (excludes halogenated alkanes) is 1. The van der Waals surface area contributed by atoms with Crippen molar-refractivity contribution in [2.45, 2.75) is 38.6 Å². The molecule has 42 heavy (non-hydrogen) atoms. The molecule has 1 aromatic heterocycles. The highest BCUT2D eigenvalue weighted by molar-refractivity contribution is 5.96. The monoisotopic (exact) mass is 581 g/mol. The SMILES string of the molecule is O=C(O)CCCn1cc(CC(=O)O)c2c(/C=C/c3ccc(OCCCCOc4ccc(F)c(F)c4F)cc3)cccc21. The van der Waals surface area contributed by atoms with Crippen molar-refractivity contribution in [2.24, 2.45) is 0 Å². The van der Waals surface area contributed by atoms with Gasteiger partial charge in [0.2, 0.25) is 5.82 Å². The molecule has 0 aliphatic heterocycles. The number of benzene rings is 3. The lowest BCUT2D eigenvalue weighted by Gasteiger charge is -2.09. The minimum Gasteiger partial charge on any atom is -0.494 e. The molecule has 2 N–H and O–H groups in total. The standard InChI is InChI=1S/C32H30F3NO6/c33-25-14-15-27(32(35)31(25)34)42-18-2-1-17-41-24-12-9-21(10-13-24)8-11-22-5-3-6-26-30(22)23(19-29(39)40)20-36(26)16-4-7-28(37)38/h3,5-6,8-15,20H,1-2,4,7,16-19H2,(H,37,38)(H,39,40)/b11-8+. The number of rotatable bonds is 15. The van der Waals surface area contributed by atoms with Crippen molar-refractivity contribution in [1.82, 2.24) is 4.57 Å². The fraction of sp³-hybridized carbons (Fsp3) is 0.250. The Morgan fingerprint density at radius 3 is 2.26 bits per heavy atom. The van der Waals surface area contributed by atoms with Gasteiger partial charge in [-0.05, 0) is 66.3 Å². The summed E-state index contributed by atoms with van der Waals surface area (Å²) in [6.45, 7) is 0.981. The molecule has 0 aliphatic carbocycles. The first-order valence-corrected chi connectivity index (χ1v) is 13.4. The maximum atomic E-state index is 13.6. The van der Waals surface area contributed by atoms with Crippen molar-refractivity contribution in [3.05, 3.63) is 94.9 Å². The maximum Gasteiger partial charge on any atom is 0.307 e. The molecule has 0 spiro atoms. The minimum atomic E-state index is -1.56. The topological polar surface area (TPSA) is 98.0 Å². The molecule has 0 bridgehead atoms. The van der Waals surface area contributed by atoms with Crippen LogP contribution in [0.4, 0.5) is 13.2 Å². The molecule has 0 amide bonds. The molecular formula is C32H30F3NO6. The lowest BCUT2D eigenvalue weighted by molar-refractivity contribution is -0.137. The van der Waals surface area contributed by atoms with Crippen LogP contribution in [-0.2, 0) is 22.6 Å². The van der Waals surface area contributed by atoms with Gasteiger partial charge < -0.3 is 24.3 Å². The van der Waals surface area contributed by atoms with Gasteiger partial charge in [0.15, 0.2) is 17.4 Å². The first-order valence-electron chi connectivity index (χ1n) is 13.4. The van der Waals surface area contributed by atoms with E-state index in [1.54, 1.807) is 6.20 Å². The smallest absolute Gasteiger partial charge is 0.307 e. The molecule has 4 rings (SSSR count). The molecule has 10 heteroatoms. The zero-order valence-electron chi connectivity index (χ0n) is 22.7. The van der Waals surface area contributed by atoms with Crippen LogP contribution in [0.25, 0.3) is 23.1 Å². The van der Waals surface area contributed by atoms with Gasteiger partial charge in [0.1, 0.15) is 5.75 Å². The van der Waals surface area contributed by atoms with E-state index in [1.807, 2.05) is 59.2 Å². The van der Waals surface area contributed by atoms with Gasteiger partial charge in [-0.3, -0.25) is 9.59 Å². The Labute approximate surface area is 240 Å². The minimum absolute atomic E-state index is 0.0305. The van der Waals surface area contributed by atoms with E-state index in [0.717, 1.165) is 34.2 Å². The number of nitrogens with zero attached hydrogens (tertiary/aromatic N) is 1. The summed E-state index contributed by atoms with van der Waals surface area (Å²) in [6, 6.07) is 15.0. The van der Waals surface area contributed by atoms with Crippen LogP contribution in [0.15, 0.2) is 60.8 Å². The summed E-state index contributed by atoms with van der Waals surface area (Å²) < 4.78 is 52.7. The second-order valence-electron chi connectivity index (χ2n) is 9.64. The first-order chi connectivity index (χ1) is 20.2. The number of ether oxygens (including phenoxy) is 2. The predicted octanol–water partition coefficient (Wildman–Crippen LogP) is 6.96. The van der Waals surface area contributed by atoms with Crippen LogP contribution in [-0.4, -0.2) is 39.9 Å². The van der Waals surface area contributed by atoms with E-state index in [9.17, 15) is 27.9 Å². The number of carboxylic acid groups (broad SMARTS) is 2. The van der Waals surface area contributed by atoms with Gasteiger partial charge in [-0.15, -0.1) is 0 Å². The summed E-state index contributed by atoms with van der Waals surface area (Å²) in [7, 11) is 0. The molecule has 0 radical (unpaired) electrons. The number of hydrogen-bond donors (Lipinski definition) is 2. The third-order valence-corrected chi connectivity index (χ3v) is 6.55. The van der Waals surface area contributed by atoms with Crippen LogP contribution < -0.4 is 9.47 Å². The van der Waals surface area contributed by atoms with E-state index in [-0.39, 0.29) is 25.2 Å².